The first-order valence-corrected chi connectivity index (χ1v) is 14.2. The molecule has 2 heterocycles. The average molecular weight is 494 g/mol. The predicted molar refractivity (Wildman–Crippen MR) is 132 cm³/mol. The van der Waals surface area contributed by atoms with Crippen molar-refractivity contribution in [2.24, 2.45) is 5.92 Å². The number of nitrogens with zero attached hydrogens (tertiary/aromatic N) is 1. The van der Waals surface area contributed by atoms with Crippen molar-refractivity contribution in [3.63, 3.8) is 0 Å². The number of ether oxygens (including phenoxy) is 1. The van der Waals surface area contributed by atoms with Gasteiger partial charge in [0.1, 0.15) is 0 Å². The summed E-state index contributed by atoms with van der Waals surface area (Å²) >= 11 is 1.57. The smallest absolute Gasteiger partial charge is 0.241 e. The lowest BCUT2D eigenvalue weighted by Crippen LogP contribution is -2.38. The highest BCUT2D eigenvalue weighted by atomic mass is 32.2. The maximum atomic E-state index is 13.2. The number of aliphatic hydroxyl groups is 1. The molecule has 0 amide bonds. The molecule has 1 saturated carbocycles. The Morgan fingerprint density at radius 2 is 1.82 bits per heavy atom. The number of sulfonamides is 1. The van der Waals surface area contributed by atoms with E-state index in [0.717, 1.165) is 52.9 Å². The van der Waals surface area contributed by atoms with E-state index in [1.165, 1.54) is 0 Å². The fourth-order valence-corrected chi connectivity index (χ4v) is 7.40. The van der Waals surface area contributed by atoms with E-state index in [4.69, 9.17) is 9.72 Å². The van der Waals surface area contributed by atoms with Gasteiger partial charge in [-0.15, -0.1) is 0 Å². The van der Waals surface area contributed by atoms with E-state index < -0.39 is 10.0 Å². The molecule has 182 valence electrons. The molecular formula is C24H35N3O4S2. The minimum absolute atomic E-state index is 0.130. The standard InChI is InChI=1S/C24H35N3O4S2/c1-15-4-5-19(14-22(15)33(29,30)27-20-6-8-21(28)9-7-20)23-17(3)26-24(32-23)25-16(2)18-10-12-31-13-11-18/h4-5,14,16,18,20-21,27-28H,6-13H2,1-3H3,(H,25,26). The molecule has 1 aliphatic heterocycles. The van der Waals surface area contributed by atoms with Crippen LogP contribution in [0.3, 0.4) is 0 Å². The summed E-state index contributed by atoms with van der Waals surface area (Å²) in [6.07, 6.45) is 4.38. The minimum Gasteiger partial charge on any atom is -0.393 e. The zero-order valence-electron chi connectivity index (χ0n) is 19.6. The second-order valence-corrected chi connectivity index (χ2v) is 12.1. The third-order valence-electron chi connectivity index (χ3n) is 6.88. The third kappa shape index (κ3) is 5.95. The fraction of sp³-hybridized carbons (Fsp3) is 0.625. The van der Waals surface area contributed by atoms with Gasteiger partial charge >= 0.3 is 0 Å². The van der Waals surface area contributed by atoms with Crippen molar-refractivity contribution >= 4 is 26.5 Å². The summed E-state index contributed by atoms with van der Waals surface area (Å²) < 4.78 is 34.7. The number of benzene rings is 1. The van der Waals surface area contributed by atoms with Gasteiger partial charge in [-0.3, -0.25) is 0 Å². The summed E-state index contributed by atoms with van der Waals surface area (Å²) in [4.78, 5) is 6.01. The van der Waals surface area contributed by atoms with Crippen LogP contribution in [0, 0.1) is 19.8 Å². The molecule has 4 rings (SSSR count). The minimum atomic E-state index is -3.65. The number of aliphatic hydroxyl groups excluding tert-OH is 1. The van der Waals surface area contributed by atoms with Crippen LogP contribution in [-0.2, 0) is 14.8 Å². The van der Waals surface area contributed by atoms with Crippen LogP contribution in [0.5, 0.6) is 0 Å². The van der Waals surface area contributed by atoms with Gasteiger partial charge in [0.25, 0.3) is 0 Å². The van der Waals surface area contributed by atoms with Gasteiger partial charge in [0, 0.05) is 25.3 Å². The van der Waals surface area contributed by atoms with E-state index in [1.807, 2.05) is 26.0 Å². The molecule has 1 aromatic carbocycles. The molecule has 2 aromatic rings. The monoisotopic (exact) mass is 493 g/mol. The number of hydrogen-bond acceptors (Lipinski definition) is 7. The molecule has 1 unspecified atom stereocenters. The van der Waals surface area contributed by atoms with Gasteiger partial charge in [-0.1, -0.05) is 23.5 Å². The number of thiazole rings is 1. The van der Waals surface area contributed by atoms with Crippen LogP contribution in [-0.4, -0.2) is 49.9 Å². The molecule has 0 radical (unpaired) electrons. The fourth-order valence-electron chi connectivity index (χ4n) is 4.76. The van der Waals surface area contributed by atoms with E-state index in [2.05, 4.69) is 17.0 Å². The lowest BCUT2D eigenvalue weighted by molar-refractivity contribution is 0.0622. The topological polar surface area (TPSA) is 101 Å². The van der Waals surface area contributed by atoms with Crippen LogP contribution >= 0.6 is 11.3 Å². The van der Waals surface area contributed by atoms with Crippen molar-refractivity contribution in [3.8, 4) is 10.4 Å². The van der Waals surface area contributed by atoms with Gasteiger partial charge < -0.3 is 15.2 Å². The normalized spacial score (nSPS) is 23.4. The molecule has 7 nitrogen and oxygen atoms in total. The first-order chi connectivity index (χ1) is 15.7. The Kier molecular flexibility index (Phi) is 7.75. The molecule has 1 aliphatic carbocycles. The van der Waals surface area contributed by atoms with Gasteiger partial charge in [-0.05, 0) is 82.4 Å². The molecule has 1 saturated heterocycles. The highest BCUT2D eigenvalue weighted by molar-refractivity contribution is 7.89. The summed E-state index contributed by atoms with van der Waals surface area (Å²) in [6, 6.07) is 5.78. The Balaban J connectivity index is 1.52. The summed E-state index contributed by atoms with van der Waals surface area (Å²) in [5.74, 6) is 0.564. The van der Waals surface area contributed by atoms with Gasteiger partial charge in [0.2, 0.25) is 10.0 Å². The van der Waals surface area contributed by atoms with Crippen molar-refractivity contribution < 1.29 is 18.3 Å². The number of anilines is 1. The van der Waals surface area contributed by atoms with E-state index in [1.54, 1.807) is 17.4 Å². The predicted octanol–water partition coefficient (Wildman–Crippen LogP) is 4.24. The maximum Gasteiger partial charge on any atom is 0.241 e. The van der Waals surface area contributed by atoms with E-state index >= 15 is 0 Å². The van der Waals surface area contributed by atoms with Crippen LogP contribution < -0.4 is 10.0 Å². The lowest BCUT2D eigenvalue weighted by Gasteiger charge is -2.28. The van der Waals surface area contributed by atoms with Gasteiger partial charge in [0.05, 0.1) is 21.6 Å². The van der Waals surface area contributed by atoms with E-state index in [0.29, 0.717) is 42.5 Å². The number of aromatic nitrogens is 1. The molecule has 1 atom stereocenters. The molecule has 33 heavy (non-hydrogen) atoms. The van der Waals surface area contributed by atoms with Crippen molar-refractivity contribution in [2.45, 2.75) is 82.4 Å². The van der Waals surface area contributed by atoms with Crippen LogP contribution in [0.4, 0.5) is 5.13 Å². The van der Waals surface area contributed by atoms with Gasteiger partial charge in [-0.25, -0.2) is 18.1 Å². The zero-order valence-corrected chi connectivity index (χ0v) is 21.3. The van der Waals surface area contributed by atoms with Crippen LogP contribution in [0.1, 0.15) is 56.7 Å². The van der Waals surface area contributed by atoms with E-state index in [9.17, 15) is 13.5 Å². The highest BCUT2D eigenvalue weighted by Crippen LogP contribution is 2.36. The van der Waals surface area contributed by atoms with Gasteiger partial charge in [-0.2, -0.15) is 0 Å². The lowest BCUT2D eigenvalue weighted by atomic mass is 9.93. The zero-order chi connectivity index (χ0) is 23.6. The summed E-state index contributed by atoms with van der Waals surface area (Å²) in [7, 11) is -3.65. The largest absolute Gasteiger partial charge is 0.393 e. The maximum absolute atomic E-state index is 13.2. The van der Waals surface area contributed by atoms with Crippen molar-refractivity contribution in [1.29, 1.82) is 0 Å². The SMILES string of the molecule is Cc1ccc(-c2sc(NC(C)C3CCOCC3)nc2C)cc1S(=O)(=O)NC1CCC(O)CC1. The quantitative estimate of drug-likeness (QED) is 0.534. The number of aryl methyl sites for hydroxylation is 2. The highest BCUT2D eigenvalue weighted by Gasteiger charge is 2.27. The summed E-state index contributed by atoms with van der Waals surface area (Å²) in [5, 5.41) is 14.1. The van der Waals surface area contributed by atoms with Crippen molar-refractivity contribution in [3.05, 3.63) is 29.5 Å². The van der Waals surface area contributed by atoms with Crippen molar-refractivity contribution in [2.75, 3.05) is 18.5 Å². The van der Waals surface area contributed by atoms with Crippen LogP contribution in [0.2, 0.25) is 0 Å². The molecule has 3 N–H and O–H groups in total. The Bertz CT molecular complexity index is 1060. The molecule has 2 aliphatic rings. The molecule has 1 aromatic heterocycles. The second kappa shape index (κ2) is 10.4. The molecular weight excluding hydrogens is 458 g/mol. The molecule has 2 fully saturated rings. The summed E-state index contributed by atoms with van der Waals surface area (Å²) in [5.41, 5.74) is 2.47. The first-order valence-electron chi connectivity index (χ1n) is 11.9. The van der Waals surface area contributed by atoms with E-state index in [-0.39, 0.29) is 12.1 Å². The Labute approximate surface area is 201 Å². The Hall–Kier alpha value is -1.52. The summed E-state index contributed by atoms with van der Waals surface area (Å²) in [6.45, 7) is 7.61. The van der Waals surface area contributed by atoms with Crippen LogP contribution in [0.15, 0.2) is 23.1 Å². The van der Waals surface area contributed by atoms with Crippen LogP contribution in [0.25, 0.3) is 10.4 Å². The number of nitrogens with one attached hydrogen (secondary N) is 2. The molecule has 0 bridgehead atoms. The Morgan fingerprint density at radius 1 is 1.12 bits per heavy atom. The van der Waals surface area contributed by atoms with Gasteiger partial charge in [0.15, 0.2) is 5.13 Å². The number of hydrogen-bond donors (Lipinski definition) is 3. The Morgan fingerprint density at radius 3 is 2.52 bits per heavy atom. The average Bonchev–Trinajstić information content (AvgIpc) is 3.16. The number of rotatable bonds is 7. The van der Waals surface area contributed by atoms with Crippen molar-refractivity contribution in [1.82, 2.24) is 9.71 Å². The second-order valence-electron chi connectivity index (χ2n) is 9.42. The third-order valence-corrected chi connectivity index (χ3v) is 9.68. The first kappa shape index (κ1) is 24.6. The molecule has 9 heteroatoms. The molecule has 0 spiro atoms.